The van der Waals surface area contributed by atoms with Gasteiger partial charge in [-0.2, -0.15) is 5.26 Å². The Kier molecular flexibility index (Phi) is 6.18. The number of fused-ring (bicyclic) bond motifs is 1. The molecule has 3 heterocycles. The molecule has 6 nitrogen and oxygen atoms in total. The molecule has 2 aromatic rings. The van der Waals surface area contributed by atoms with Crippen LogP contribution >= 0.6 is 0 Å². The third-order valence-electron chi connectivity index (χ3n) is 5.90. The van der Waals surface area contributed by atoms with Crippen LogP contribution in [0.15, 0.2) is 48.8 Å². The maximum Gasteiger partial charge on any atom is 0.248 e. The molecule has 0 unspecified atom stereocenters. The van der Waals surface area contributed by atoms with Gasteiger partial charge in [-0.3, -0.25) is 14.7 Å². The number of hydrogen-bond acceptors (Lipinski definition) is 5. The summed E-state index contributed by atoms with van der Waals surface area (Å²) in [7, 11) is 0. The maximum absolute atomic E-state index is 12.6. The molecular weight excluding hydrogens is 364 g/mol. The Morgan fingerprint density at radius 2 is 1.97 bits per heavy atom. The number of morpholine rings is 1. The molecule has 29 heavy (non-hydrogen) atoms. The molecule has 150 valence electrons. The third kappa shape index (κ3) is 4.81. The van der Waals surface area contributed by atoms with Gasteiger partial charge in [-0.25, -0.2) is 0 Å². The van der Waals surface area contributed by atoms with Crippen LogP contribution in [0.1, 0.15) is 29.5 Å². The van der Waals surface area contributed by atoms with E-state index in [-0.39, 0.29) is 24.7 Å². The molecule has 1 aromatic carbocycles. The van der Waals surface area contributed by atoms with Gasteiger partial charge in [0, 0.05) is 38.6 Å². The zero-order valence-electron chi connectivity index (χ0n) is 16.5. The van der Waals surface area contributed by atoms with E-state index in [0.717, 1.165) is 44.5 Å². The van der Waals surface area contributed by atoms with Crippen molar-refractivity contribution >= 4 is 5.91 Å². The number of likely N-dealkylation sites (tertiary alicyclic amines) is 1. The van der Waals surface area contributed by atoms with E-state index in [4.69, 9.17) is 10.00 Å². The van der Waals surface area contributed by atoms with Gasteiger partial charge in [0.15, 0.2) is 0 Å². The summed E-state index contributed by atoms with van der Waals surface area (Å²) in [6.07, 6.45) is 6.41. The molecule has 0 radical (unpaired) electrons. The second kappa shape index (κ2) is 9.17. The van der Waals surface area contributed by atoms with Crippen LogP contribution in [0.5, 0.6) is 0 Å². The number of nitrogens with zero attached hydrogens (tertiary/aromatic N) is 4. The van der Waals surface area contributed by atoms with E-state index in [2.05, 4.69) is 22.0 Å². The fourth-order valence-electron chi connectivity index (χ4n) is 4.30. The topological polar surface area (TPSA) is 69.5 Å². The summed E-state index contributed by atoms with van der Waals surface area (Å²) >= 11 is 0. The molecule has 1 amide bonds. The Bertz CT molecular complexity index is 863. The largest absolute Gasteiger partial charge is 0.366 e. The van der Waals surface area contributed by atoms with Gasteiger partial charge in [-0.15, -0.1) is 0 Å². The van der Waals surface area contributed by atoms with E-state index < -0.39 is 0 Å². The average Bonchev–Trinajstić information content (AvgIpc) is 2.97. The Morgan fingerprint density at radius 1 is 1.14 bits per heavy atom. The minimum atomic E-state index is 0.0932. The molecule has 2 atom stereocenters. The van der Waals surface area contributed by atoms with Gasteiger partial charge in [-0.1, -0.05) is 18.2 Å². The molecule has 2 saturated heterocycles. The standard InChI is InChI=1S/C23H26N4O2/c24-14-18-3-5-20(6-4-18)16-26-11-8-21-22(9-12-26)29-17-23(28)27(21)13-7-19-2-1-10-25-15-19/h1-6,10,15,21-22H,7-9,11-13,16-17H2/t21-,22-/m0/s1. The normalized spacial score (nSPS) is 22.6. The molecule has 0 spiro atoms. The second-order valence-corrected chi connectivity index (χ2v) is 7.78. The molecular formula is C23H26N4O2. The molecule has 2 fully saturated rings. The number of ether oxygens (including phenoxy) is 1. The summed E-state index contributed by atoms with van der Waals surface area (Å²) < 4.78 is 5.92. The van der Waals surface area contributed by atoms with Gasteiger partial charge in [0.1, 0.15) is 6.61 Å². The van der Waals surface area contributed by atoms with Crippen molar-refractivity contribution in [3.63, 3.8) is 0 Å². The number of hydrogen-bond donors (Lipinski definition) is 0. The molecule has 2 aliphatic rings. The van der Waals surface area contributed by atoms with Crippen LogP contribution in [0.4, 0.5) is 0 Å². The Balaban J connectivity index is 1.38. The van der Waals surface area contributed by atoms with Gasteiger partial charge in [0.25, 0.3) is 0 Å². The van der Waals surface area contributed by atoms with Crippen molar-refractivity contribution in [2.45, 2.75) is 38.0 Å². The third-order valence-corrected chi connectivity index (χ3v) is 5.90. The minimum Gasteiger partial charge on any atom is -0.366 e. The zero-order chi connectivity index (χ0) is 20.1. The first-order valence-electron chi connectivity index (χ1n) is 10.2. The summed E-state index contributed by atoms with van der Waals surface area (Å²) in [5.41, 5.74) is 3.05. The van der Waals surface area contributed by atoms with Crippen LogP contribution in [0.3, 0.4) is 0 Å². The first-order chi connectivity index (χ1) is 14.2. The molecule has 0 aliphatic carbocycles. The van der Waals surface area contributed by atoms with E-state index in [0.29, 0.717) is 12.1 Å². The van der Waals surface area contributed by atoms with E-state index in [1.807, 2.05) is 41.4 Å². The molecule has 4 rings (SSSR count). The monoisotopic (exact) mass is 390 g/mol. The summed E-state index contributed by atoms with van der Waals surface area (Å²) in [6.45, 7) is 3.64. The Labute approximate surface area is 171 Å². The van der Waals surface area contributed by atoms with E-state index >= 15 is 0 Å². The van der Waals surface area contributed by atoms with Crippen LogP contribution in [0, 0.1) is 11.3 Å². The van der Waals surface area contributed by atoms with Crippen molar-refractivity contribution in [1.82, 2.24) is 14.8 Å². The van der Waals surface area contributed by atoms with Crippen molar-refractivity contribution in [3.05, 3.63) is 65.5 Å². The number of pyridine rings is 1. The first kappa shape index (κ1) is 19.6. The number of rotatable bonds is 5. The van der Waals surface area contributed by atoms with Gasteiger partial charge in [-0.05, 0) is 48.6 Å². The highest BCUT2D eigenvalue weighted by molar-refractivity contribution is 5.78. The predicted octanol–water partition coefficient (Wildman–Crippen LogP) is 2.39. The fourth-order valence-corrected chi connectivity index (χ4v) is 4.30. The maximum atomic E-state index is 12.6. The van der Waals surface area contributed by atoms with Crippen LogP contribution in [-0.4, -0.2) is 59.1 Å². The molecule has 0 bridgehead atoms. The summed E-state index contributed by atoms with van der Waals surface area (Å²) in [4.78, 5) is 21.2. The molecule has 0 saturated carbocycles. The SMILES string of the molecule is N#Cc1ccc(CN2CC[C@@H]3OCC(=O)N(CCc4cccnc4)[C@H]3CC2)cc1. The van der Waals surface area contributed by atoms with Gasteiger partial charge < -0.3 is 9.64 Å². The summed E-state index contributed by atoms with van der Waals surface area (Å²) in [6, 6.07) is 14.1. The lowest BCUT2D eigenvalue weighted by molar-refractivity contribution is -0.157. The van der Waals surface area contributed by atoms with E-state index in [1.54, 1.807) is 6.20 Å². The Hall–Kier alpha value is -2.75. The van der Waals surface area contributed by atoms with Crippen molar-refractivity contribution in [2.24, 2.45) is 0 Å². The second-order valence-electron chi connectivity index (χ2n) is 7.78. The minimum absolute atomic E-state index is 0.0932. The highest BCUT2D eigenvalue weighted by atomic mass is 16.5. The molecule has 2 aliphatic heterocycles. The summed E-state index contributed by atoms with van der Waals surface area (Å²) in [5, 5.41) is 8.96. The van der Waals surface area contributed by atoms with Crippen LogP contribution in [0.2, 0.25) is 0 Å². The number of benzene rings is 1. The smallest absolute Gasteiger partial charge is 0.248 e. The van der Waals surface area contributed by atoms with Crippen molar-refractivity contribution < 1.29 is 9.53 Å². The number of carbonyl (C=O) groups is 1. The number of carbonyl (C=O) groups excluding carboxylic acids is 1. The lowest BCUT2D eigenvalue weighted by Gasteiger charge is -2.40. The predicted molar refractivity (Wildman–Crippen MR) is 109 cm³/mol. The molecule has 6 heteroatoms. The average molecular weight is 390 g/mol. The van der Waals surface area contributed by atoms with E-state index in [9.17, 15) is 4.79 Å². The van der Waals surface area contributed by atoms with Crippen molar-refractivity contribution in [2.75, 3.05) is 26.2 Å². The lowest BCUT2D eigenvalue weighted by atomic mass is 10.0. The number of nitriles is 1. The first-order valence-corrected chi connectivity index (χ1v) is 10.2. The quantitative estimate of drug-likeness (QED) is 0.784. The highest BCUT2D eigenvalue weighted by Crippen LogP contribution is 2.25. The van der Waals surface area contributed by atoms with E-state index in [1.165, 1.54) is 5.56 Å². The fraction of sp³-hybridized carbons (Fsp3) is 0.435. The van der Waals surface area contributed by atoms with Crippen molar-refractivity contribution in [3.8, 4) is 6.07 Å². The summed E-state index contributed by atoms with van der Waals surface area (Å²) in [5.74, 6) is 0.0932. The van der Waals surface area contributed by atoms with Crippen LogP contribution in [-0.2, 0) is 22.5 Å². The van der Waals surface area contributed by atoms with Gasteiger partial charge in [0.2, 0.25) is 5.91 Å². The molecule has 1 aromatic heterocycles. The van der Waals surface area contributed by atoms with Crippen LogP contribution < -0.4 is 0 Å². The lowest BCUT2D eigenvalue weighted by Crippen LogP contribution is -2.54. The van der Waals surface area contributed by atoms with Crippen molar-refractivity contribution in [1.29, 1.82) is 5.26 Å². The van der Waals surface area contributed by atoms with Gasteiger partial charge in [0.05, 0.1) is 23.8 Å². The van der Waals surface area contributed by atoms with Gasteiger partial charge >= 0.3 is 0 Å². The number of amides is 1. The molecule has 0 N–H and O–H groups in total. The number of aromatic nitrogens is 1. The zero-order valence-corrected chi connectivity index (χ0v) is 16.5. The highest BCUT2D eigenvalue weighted by Gasteiger charge is 2.38. The van der Waals surface area contributed by atoms with Crippen LogP contribution in [0.25, 0.3) is 0 Å². The Morgan fingerprint density at radius 3 is 2.72 bits per heavy atom.